The van der Waals surface area contributed by atoms with Gasteiger partial charge >= 0.3 is 5.97 Å². The molecule has 0 spiro atoms. The van der Waals surface area contributed by atoms with Crippen molar-refractivity contribution in [2.24, 2.45) is 17.3 Å². The number of hydrogen-bond donors (Lipinski definition) is 0. The fourth-order valence-electron chi connectivity index (χ4n) is 3.96. The van der Waals surface area contributed by atoms with Crippen molar-refractivity contribution in [2.75, 3.05) is 0 Å². The first-order valence-electron chi connectivity index (χ1n) is 10.1. The average molecular weight is 371 g/mol. The number of carbonyl (C=O) groups excluding carboxylic acids is 1. The van der Waals surface area contributed by atoms with E-state index in [-0.39, 0.29) is 34.1 Å². The zero-order valence-corrected chi connectivity index (χ0v) is 19.2. The molecule has 1 fully saturated rings. The molecular weight excluding hydrogens is 332 g/mol. The topological polar surface area (TPSA) is 26.3 Å². The summed E-state index contributed by atoms with van der Waals surface area (Å²) in [5, 5.41) is 0. The quantitative estimate of drug-likeness (QED) is 0.335. The van der Waals surface area contributed by atoms with Gasteiger partial charge in [0.1, 0.15) is 5.75 Å². The van der Waals surface area contributed by atoms with E-state index in [1.165, 1.54) is 11.1 Å². The third kappa shape index (κ3) is 4.47. The number of allylic oxidation sites excluding steroid dienone is 2. The highest BCUT2D eigenvalue weighted by atomic mass is 16.5. The van der Waals surface area contributed by atoms with E-state index in [9.17, 15) is 4.79 Å². The van der Waals surface area contributed by atoms with Gasteiger partial charge in [0.15, 0.2) is 0 Å². The van der Waals surface area contributed by atoms with Crippen molar-refractivity contribution in [2.45, 2.75) is 87.0 Å². The van der Waals surface area contributed by atoms with Gasteiger partial charge < -0.3 is 4.74 Å². The highest BCUT2D eigenvalue weighted by molar-refractivity contribution is 5.81. The van der Waals surface area contributed by atoms with Crippen LogP contribution in [0.5, 0.6) is 5.75 Å². The lowest BCUT2D eigenvalue weighted by molar-refractivity contribution is -0.136. The van der Waals surface area contributed by atoms with Crippen molar-refractivity contribution in [3.05, 3.63) is 40.5 Å². The van der Waals surface area contributed by atoms with Crippen molar-refractivity contribution in [3.63, 3.8) is 0 Å². The first-order valence-corrected chi connectivity index (χ1v) is 10.1. The summed E-state index contributed by atoms with van der Waals surface area (Å²) >= 11 is 0. The predicted octanol–water partition coefficient (Wildman–Crippen LogP) is 6.73. The lowest BCUT2D eigenvalue weighted by atomic mass is 9.78. The van der Waals surface area contributed by atoms with Gasteiger partial charge in [0, 0.05) is 11.1 Å². The lowest BCUT2D eigenvalue weighted by Crippen LogP contribution is -2.23. The van der Waals surface area contributed by atoms with Crippen LogP contribution in [-0.4, -0.2) is 5.97 Å². The molecule has 2 heteroatoms. The second kappa shape index (κ2) is 6.79. The summed E-state index contributed by atoms with van der Waals surface area (Å²) < 4.78 is 6.19. The second-order valence-corrected chi connectivity index (χ2v) is 11.2. The SMILES string of the molecule is CC(C)=CC1C(C(=O)Oc2c(C(C)(C)C)cc(C)cc2C(C)(C)C)C1(C)C. The van der Waals surface area contributed by atoms with Gasteiger partial charge in [-0.2, -0.15) is 0 Å². The van der Waals surface area contributed by atoms with Crippen LogP contribution in [-0.2, 0) is 15.6 Å². The summed E-state index contributed by atoms with van der Waals surface area (Å²) in [6, 6.07) is 4.34. The molecule has 2 rings (SSSR count). The Morgan fingerprint density at radius 2 is 1.44 bits per heavy atom. The van der Waals surface area contributed by atoms with Crippen LogP contribution in [0, 0.1) is 24.2 Å². The molecule has 0 N–H and O–H groups in total. The van der Waals surface area contributed by atoms with E-state index < -0.39 is 0 Å². The van der Waals surface area contributed by atoms with Crippen molar-refractivity contribution in [1.29, 1.82) is 0 Å². The average Bonchev–Trinajstić information content (AvgIpc) is 2.98. The smallest absolute Gasteiger partial charge is 0.315 e. The molecule has 2 atom stereocenters. The van der Waals surface area contributed by atoms with Gasteiger partial charge in [-0.3, -0.25) is 4.79 Å². The van der Waals surface area contributed by atoms with Gasteiger partial charge in [-0.05, 0) is 42.9 Å². The number of esters is 1. The van der Waals surface area contributed by atoms with E-state index in [2.05, 4.69) is 94.4 Å². The maximum atomic E-state index is 13.2. The monoisotopic (exact) mass is 370 g/mol. The summed E-state index contributed by atoms with van der Waals surface area (Å²) in [4.78, 5) is 13.2. The molecule has 0 saturated heterocycles. The Hall–Kier alpha value is -1.57. The number of ether oxygens (including phenoxy) is 1. The zero-order valence-electron chi connectivity index (χ0n) is 19.2. The Labute approximate surface area is 166 Å². The molecule has 2 unspecified atom stereocenters. The Bertz CT molecular complexity index is 727. The molecule has 1 aromatic rings. The van der Waals surface area contributed by atoms with Crippen molar-refractivity contribution in [3.8, 4) is 5.75 Å². The van der Waals surface area contributed by atoms with Crippen LogP contribution in [0.25, 0.3) is 0 Å². The second-order valence-electron chi connectivity index (χ2n) is 11.2. The van der Waals surface area contributed by atoms with E-state index in [4.69, 9.17) is 4.74 Å². The van der Waals surface area contributed by atoms with Crippen LogP contribution in [0.2, 0.25) is 0 Å². The van der Waals surface area contributed by atoms with Crippen molar-refractivity contribution in [1.82, 2.24) is 0 Å². The minimum absolute atomic E-state index is 0.0388. The number of rotatable bonds is 3. The molecule has 27 heavy (non-hydrogen) atoms. The molecule has 0 heterocycles. The molecule has 1 aliphatic rings. The maximum Gasteiger partial charge on any atom is 0.315 e. The van der Waals surface area contributed by atoms with E-state index >= 15 is 0 Å². The third-order valence-electron chi connectivity index (χ3n) is 5.73. The summed E-state index contributed by atoms with van der Waals surface area (Å²) in [5.41, 5.74) is 4.45. The van der Waals surface area contributed by atoms with Crippen LogP contribution in [0.1, 0.15) is 85.9 Å². The number of aryl methyl sites for hydroxylation is 1. The van der Waals surface area contributed by atoms with Gasteiger partial charge in [0.05, 0.1) is 5.92 Å². The van der Waals surface area contributed by atoms with Crippen molar-refractivity contribution >= 4 is 5.97 Å². The molecule has 0 radical (unpaired) electrons. The van der Waals surface area contributed by atoms with E-state index in [1.54, 1.807) is 0 Å². The molecule has 0 aromatic heterocycles. The fourth-order valence-corrected chi connectivity index (χ4v) is 3.96. The van der Waals surface area contributed by atoms with Crippen LogP contribution in [0.4, 0.5) is 0 Å². The van der Waals surface area contributed by atoms with Crippen LogP contribution in [0.15, 0.2) is 23.8 Å². The third-order valence-corrected chi connectivity index (χ3v) is 5.73. The molecule has 1 saturated carbocycles. The minimum Gasteiger partial charge on any atom is -0.426 e. The van der Waals surface area contributed by atoms with E-state index in [0.717, 1.165) is 16.9 Å². The van der Waals surface area contributed by atoms with Crippen molar-refractivity contribution < 1.29 is 9.53 Å². The first-order chi connectivity index (χ1) is 12.1. The molecule has 1 aromatic carbocycles. The van der Waals surface area contributed by atoms with Gasteiger partial charge in [-0.15, -0.1) is 0 Å². The van der Waals surface area contributed by atoms with Crippen LogP contribution >= 0.6 is 0 Å². The molecule has 0 aliphatic heterocycles. The Kier molecular flexibility index (Phi) is 5.47. The Morgan fingerprint density at radius 1 is 1.00 bits per heavy atom. The summed E-state index contributed by atoms with van der Waals surface area (Å²) in [7, 11) is 0. The normalized spacial score (nSPS) is 21.6. The molecule has 150 valence electrons. The van der Waals surface area contributed by atoms with E-state index in [0.29, 0.717) is 0 Å². The maximum absolute atomic E-state index is 13.2. The molecule has 1 aliphatic carbocycles. The molecule has 0 bridgehead atoms. The first kappa shape index (κ1) is 21.7. The summed E-state index contributed by atoms with van der Waals surface area (Å²) in [5.74, 6) is 0.859. The lowest BCUT2D eigenvalue weighted by Gasteiger charge is -2.30. The van der Waals surface area contributed by atoms with Gasteiger partial charge in [0.25, 0.3) is 0 Å². The van der Waals surface area contributed by atoms with Crippen LogP contribution in [0.3, 0.4) is 0 Å². The van der Waals surface area contributed by atoms with Crippen LogP contribution < -0.4 is 4.74 Å². The number of benzene rings is 1. The number of carbonyl (C=O) groups is 1. The highest BCUT2D eigenvalue weighted by Gasteiger charge is 2.61. The highest BCUT2D eigenvalue weighted by Crippen LogP contribution is 2.60. The summed E-state index contributed by atoms with van der Waals surface area (Å²) in [6.45, 7) is 23.7. The summed E-state index contributed by atoms with van der Waals surface area (Å²) in [6.07, 6.45) is 2.22. The number of hydrogen-bond acceptors (Lipinski definition) is 2. The molecule has 2 nitrogen and oxygen atoms in total. The standard InChI is InChI=1S/C25H38O2/c1-15(2)12-17-20(25(17,10)11)22(26)27-21-18(23(4,5)6)13-16(3)14-19(21)24(7,8)9/h12-14,17,20H,1-11H3. The minimum atomic E-state index is -0.0972. The van der Waals surface area contributed by atoms with Gasteiger partial charge in [-0.1, -0.05) is 84.7 Å². The van der Waals surface area contributed by atoms with E-state index in [1.807, 2.05) is 0 Å². The largest absolute Gasteiger partial charge is 0.426 e. The molecular formula is C25H38O2. The zero-order chi connectivity index (χ0) is 20.9. The fraction of sp³-hybridized carbons (Fsp3) is 0.640. The van der Waals surface area contributed by atoms with Gasteiger partial charge in [-0.25, -0.2) is 0 Å². The Balaban J connectivity index is 2.49. The molecule has 0 amide bonds. The Morgan fingerprint density at radius 3 is 1.81 bits per heavy atom. The van der Waals surface area contributed by atoms with Gasteiger partial charge in [0.2, 0.25) is 0 Å². The predicted molar refractivity (Wildman–Crippen MR) is 114 cm³/mol.